The van der Waals surface area contributed by atoms with Crippen LogP contribution in [-0.2, 0) is 14.3 Å². The van der Waals surface area contributed by atoms with Gasteiger partial charge in [-0.2, -0.15) is 4.39 Å². The third kappa shape index (κ3) is 3.71. The van der Waals surface area contributed by atoms with Crippen LogP contribution in [0.15, 0.2) is 22.9 Å². The number of hydrogen-bond acceptors (Lipinski definition) is 4. The van der Waals surface area contributed by atoms with E-state index < -0.39 is 23.4 Å². The van der Waals surface area contributed by atoms with E-state index in [1.165, 1.54) is 6.08 Å². The van der Waals surface area contributed by atoms with E-state index in [0.29, 0.717) is 0 Å². The zero-order valence-electron chi connectivity index (χ0n) is 8.93. The number of ketones is 1. The number of esters is 1. The minimum Gasteiger partial charge on any atom is -0.466 e. The highest BCUT2D eigenvalue weighted by Gasteiger charge is 2.38. The van der Waals surface area contributed by atoms with Gasteiger partial charge >= 0.3 is 5.97 Å². The molecule has 1 N–H and O–H groups in total. The van der Waals surface area contributed by atoms with Crippen molar-refractivity contribution in [2.24, 2.45) is 0 Å². The Morgan fingerprint density at radius 1 is 1.53 bits per heavy atom. The predicted molar refractivity (Wildman–Crippen MR) is 61.1 cm³/mol. The Hall–Kier alpha value is -1.07. The lowest BCUT2D eigenvalue weighted by Gasteiger charge is -2.24. The summed E-state index contributed by atoms with van der Waals surface area (Å²) in [7, 11) is 0. The molecule has 0 aromatic heterocycles. The van der Waals surface area contributed by atoms with Crippen molar-refractivity contribution in [1.29, 1.82) is 0 Å². The van der Waals surface area contributed by atoms with Crippen LogP contribution < -0.4 is 5.32 Å². The third-order valence-corrected chi connectivity index (χ3v) is 2.44. The molecular formula is C10H10Cl2FNO3. The first-order valence-corrected chi connectivity index (χ1v) is 5.55. The predicted octanol–water partition coefficient (Wildman–Crippen LogP) is 1.98. The first-order valence-electron chi connectivity index (χ1n) is 4.79. The summed E-state index contributed by atoms with van der Waals surface area (Å²) in [4.78, 5) is 22.7. The molecular weight excluding hydrogens is 272 g/mol. The van der Waals surface area contributed by atoms with Crippen molar-refractivity contribution in [2.75, 3.05) is 6.61 Å². The van der Waals surface area contributed by atoms with Gasteiger partial charge in [-0.15, -0.1) is 0 Å². The Bertz CT molecular complexity index is 404. The Morgan fingerprint density at radius 3 is 2.71 bits per heavy atom. The fourth-order valence-electron chi connectivity index (χ4n) is 1.23. The summed E-state index contributed by atoms with van der Waals surface area (Å²) in [5.74, 6) is -1.49. The first kappa shape index (κ1) is 14.0. The molecule has 0 fully saturated rings. The summed E-state index contributed by atoms with van der Waals surface area (Å²) in [6, 6.07) is 0. The van der Waals surface area contributed by atoms with Gasteiger partial charge in [-0.3, -0.25) is 9.59 Å². The van der Waals surface area contributed by atoms with Crippen molar-refractivity contribution in [1.82, 2.24) is 5.32 Å². The maximum Gasteiger partial charge on any atom is 0.313 e. The number of allylic oxidation sites excluding steroid dienone is 2. The van der Waals surface area contributed by atoms with Crippen LogP contribution >= 0.6 is 23.2 Å². The van der Waals surface area contributed by atoms with Crippen molar-refractivity contribution in [3.63, 3.8) is 0 Å². The van der Waals surface area contributed by atoms with Crippen LogP contribution in [0.2, 0.25) is 0 Å². The van der Waals surface area contributed by atoms with E-state index in [1.807, 2.05) is 0 Å². The molecule has 0 spiro atoms. The summed E-state index contributed by atoms with van der Waals surface area (Å²) >= 11 is 10.9. The zero-order valence-corrected chi connectivity index (χ0v) is 10.4. The van der Waals surface area contributed by atoms with Crippen LogP contribution in [0.25, 0.3) is 0 Å². The normalized spacial score (nSPS) is 23.3. The second-order valence-electron chi connectivity index (χ2n) is 3.20. The SMILES string of the molecule is CCOC(=O)CC(=O)C1=CC=C(Cl)NC1(F)Cl. The Balaban J connectivity index is 2.78. The minimum atomic E-state index is -2.60. The summed E-state index contributed by atoms with van der Waals surface area (Å²) in [6.45, 7) is 1.75. The maximum atomic E-state index is 13.8. The molecule has 0 aromatic rings. The van der Waals surface area contributed by atoms with Gasteiger partial charge in [0, 0.05) is 0 Å². The van der Waals surface area contributed by atoms with E-state index in [4.69, 9.17) is 23.2 Å². The summed E-state index contributed by atoms with van der Waals surface area (Å²) < 4.78 is 18.3. The molecule has 1 aliphatic heterocycles. The fourth-order valence-corrected chi connectivity index (χ4v) is 1.74. The zero-order chi connectivity index (χ0) is 13.1. The van der Waals surface area contributed by atoms with Gasteiger partial charge in [-0.1, -0.05) is 23.2 Å². The van der Waals surface area contributed by atoms with E-state index in [0.717, 1.165) is 6.08 Å². The summed E-state index contributed by atoms with van der Waals surface area (Å²) in [6.07, 6.45) is 1.85. The van der Waals surface area contributed by atoms with Gasteiger partial charge in [0.15, 0.2) is 5.78 Å². The number of nitrogens with one attached hydrogen (secondary N) is 1. The molecule has 1 rings (SSSR count). The average molecular weight is 282 g/mol. The molecule has 0 aliphatic carbocycles. The van der Waals surface area contributed by atoms with Gasteiger partial charge in [-0.25, -0.2) is 0 Å². The Morgan fingerprint density at radius 2 is 2.18 bits per heavy atom. The molecule has 0 radical (unpaired) electrons. The summed E-state index contributed by atoms with van der Waals surface area (Å²) in [5.41, 5.74) is -0.378. The van der Waals surface area contributed by atoms with Crippen molar-refractivity contribution in [3.05, 3.63) is 22.9 Å². The van der Waals surface area contributed by atoms with Crippen LogP contribution in [0.3, 0.4) is 0 Å². The van der Waals surface area contributed by atoms with Crippen LogP contribution in [0.1, 0.15) is 13.3 Å². The van der Waals surface area contributed by atoms with E-state index in [1.54, 1.807) is 6.92 Å². The number of alkyl halides is 2. The fraction of sp³-hybridized carbons (Fsp3) is 0.400. The first-order chi connectivity index (χ1) is 7.86. The average Bonchev–Trinajstić information content (AvgIpc) is 2.15. The van der Waals surface area contributed by atoms with Gasteiger partial charge in [0.25, 0.3) is 5.25 Å². The van der Waals surface area contributed by atoms with Crippen molar-refractivity contribution >= 4 is 35.0 Å². The van der Waals surface area contributed by atoms with Crippen LogP contribution in [0.5, 0.6) is 0 Å². The second kappa shape index (κ2) is 5.51. The van der Waals surface area contributed by atoms with Crippen LogP contribution in [0.4, 0.5) is 4.39 Å². The van der Waals surface area contributed by atoms with Gasteiger partial charge < -0.3 is 10.1 Å². The maximum absolute atomic E-state index is 13.8. The number of ether oxygens (including phenoxy) is 1. The lowest BCUT2D eigenvalue weighted by atomic mass is 10.1. The van der Waals surface area contributed by atoms with Crippen LogP contribution in [0, 0.1) is 0 Å². The van der Waals surface area contributed by atoms with E-state index in [-0.39, 0.29) is 17.3 Å². The highest BCUT2D eigenvalue weighted by Crippen LogP contribution is 2.30. The number of hydrogen-bond donors (Lipinski definition) is 1. The molecule has 0 aromatic carbocycles. The number of carbonyl (C=O) groups excluding carboxylic acids is 2. The monoisotopic (exact) mass is 281 g/mol. The standard InChI is InChI=1S/C10H10Cl2FNO3/c1-2-17-9(16)5-7(15)6-3-4-8(11)14-10(6,12)13/h3-4,14H,2,5H2,1H3. The van der Waals surface area contributed by atoms with E-state index in [9.17, 15) is 14.0 Å². The topological polar surface area (TPSA) is 55.4 Å². The largest absolute Gasteiger partial charge is 0.466 e. The van der Waals surface area contributed by atoms with E-state index in [2.05, 4.69) is 10.1 Å². The molecule has 17 heavy (non-hydrogen) atoms. The molecule has 1 aliphatic rings. The molecule has 4 nitrogen and oxygen atoms in total. The number of rotatable bonds is 4. The van der Waals surface area contributed by atoms with Gasteiger partial charge in [-0.05, 0) is 19.1 Å². The number of halogens is 3. The third-order valence-electron chi connectivity index (χ3n) is 1.92. The highest BCUT2D eigenvalue weighted by molar-refractivity contribution is 6.33. The number of Topliss-reactive ketones (excluding diaryl/α,β-unsaturated/α-hetero) is 1. The quantitative estimate of drug-likeness (QED) is 0.371. The molecule has 0 amide bonds. The smallest absolute Gasteiger partial charge is 0.313 e. The van der Waals surface area contributed by atoms with Crippen molar-refractivity contribution in [2.45, 2.75) is 18.6 Å². The molecule has 94 valence electrons. The summed E-state index contributed by atoms with van der Waals surface area (Å²) in [5, 5.41) is -0.558. The number of dihydropyridines is 1. The lowest BCUT2D eigenvalue weighted by Crippen LogP contribution is -2.40. The molecule has 0 bridgehead atoms. The Kier molecular flexibility index (Phi) is 4.54. The highest BCUT2D eigenvalue weighted by atomic mass is 35.5. The molecule has 1 atom stereocenters. The molecule has 0 saturated carbocycles. The van der Waals surface area contributed by atoms with Gasteiger partial charge in [0.1, 0.15) is 11.6 Å². The molecule has 1 heterocycles. The molecule has 7 heteroatoms. The van der Waals surface area contributed by atoms with Crippen molar-refractivity contribution in [3.8, 4) is 0 Å². The van der Waals surface area contributed by atoms with Crippen molar-refractivity contribution < 1.29 is 18.7 Å². The van der Waals surface area contributed by atoms with Gasteiger partial charge in [0.05, 0.1) is 12.2 Å². The minimum absolute atomic E-state index is 0.0322. The Labute approximate surface area is 107 Å². The second-order valence-corrected chi connectivity index (χ2v) is 4.13. The molecule has 1 unspecified atom stereocenters. The van der Waals surface area contributed by atoms with E-state index >= 15 is 0 Å². The lowest BCUT2D eigenvalue weighted by molar-refractivity contribution is -0.145. The van der Waals surface area contributed by atoms with Gasteiger partial charge in [0.2, 0.25) is 0 Å². The number of carbonyl (C=O) groups is 2. The molecule has 0 saturated heterocycles. The van der Waals surface area contributed by atoms with Crippen LogP contribution in [-0.4, -0.2) is 23.6 Å².